The van der Waals surface area contributed by atoms with Crippen LogP contribution in [-0.2, 0) is 9.30 Å². The predicted octanol–water partition coefficient (Wildman–Crippen LogP) is -2.73. The molecule has 0 radical (unpaired) electrons. The number of hydrogen-bond acceptors (Lipinski definition) is 11. The lowest BCUT2D eigenvalue weighted by atomic mass is 10.1. The zero-order valence-electron chi connectivity index (χ0n) is 16.7. The molecule has 1 amide bonds. The summed E-state index contributed by atoms with van der Waals surface area (Å²) in [6, 6.07) is 3.29. The number of hydrogen-bond donors (Lipinski definition) is 8. The number of phosphoric acid groups is 1. The van der Waals surface area contributed by atoms with Gasteiger partial charge in [0.05, 0.1) is 18.5 Å². The molecule has 10 N–H and O–H groups in total. The highest BCUT2D eigenvalue weighted by molar-refractivity contribution is 7.45. The molecule has 0 aromatic carbocycles. The first-order valence-corrected chi connectivity index (χ1v) is 10.5. The van der Waals surface area contributed by atoms with Gasteiger partial charge in [0.2, 0.25) is 5.91 Å². The van der Waals surface area contributed by atoms with Gasteiger partial charge in [0.25, 0.3) is 0 Å². The number of carbonyl (C=O) groups excluding carboxylic acids is 1. The standard InChI is InChI=1S/C10H13N5O4.C6H6N2O.H3O4P/c11-8-5-9(13-2-12-8)15(3-14-5)10-7(18)6(17)4(1-16)19-10;7-6(9)5-2-1-3-8-4-5;1-5(2,3)4/h2-4,6-7,10,16-18H,1H2,(H2,11,12,13);1-4H,(H2,7,9);(H3,1,2,3,4)/t4-,6-,7-,10-;;/m1../s1. The second kappa shape index (κ2) is 11.2. The van der Waals surface area contributed by atoms with Crippen molar-refractivity contribution in [1.29, 1.82) is 0 Å². The first-order chi connectivity index (χ1) is 15.4. The molecule has 0 saturated carbocycles. The lowest BCUT2D eigenvalue weighted by Gasteiger charge is -2.16. The van der Waals surface area contributed by atoms with E-state index in [0.717, 1.165) is 0 Å². The van der Waals surface area contributed by atoms with Gasteiger partial charge in [-0.25, -0.2) is 19.5 Å². The van der Waals surface area contributed by atoms with Gasteiger partial charge >= 0.3 is 7.82 Å². The maximum Gasteiger partial charge on any atom is 0.466 e. The number of nitrogen functional groups attached to an aromatic ring is 1. The number of aliphatic hydroxyl groups excluding tert-OH is 3. The number of pyridine rings is 1. The average Bonchev–Trinajstić information content (AvgIpc) is 3.30. The highest BCUT2D eigenvalue weighted by Gasteiger charge is 2.43. The molecule has 33 heavy (non-hydrogen) atoms. The Labute approximate surface area is 185 Å². The molecule has 4 atom stereocenters. The molecular weight excluding hydrogens is 465 g/mol. The van der Waals surface area contributed by atoms with Gasteiger partial charge in [0.1, 0.15) is 30.2 Å². The third-order valence-electron chi connectivity index (χ3n) is 4.12. The Kier molecular flexibility index (Phi) is 8.86. The molecule has 4 heterocycles. The first-order valence-electron chi connectivity index (χ1n) is 8.97. The normalized spacial score (nSPS) is 22.1. The minimum absolute atomic E-state index is 0.218. The second-order valence-corrected chi connectivity index (χ2v) is 7.46. The van der Waals surface area contributed by atoms with Crippen LogP contribution < -0.4 is 11.5 Å². The molecule has 17 heteroatoms. The van der Waals surface area contributed by atoms with E-state index in [1.165, 1.54) is 23.4 Å². The van der Waals surface area contributed by atoms with Crippen molar-refractivity contribution in [2.75, 3.05) is 12.3 Å². The molecule has 180 valence electrons. The molecule has 0 unspecified atom stereocenters. The summed E-state index contributed by atoms with van der Waals surface area (Å²) in [7, 11) is -4.64. The maximum atomic E-state index is 10.4. The summed E-state index contributed by atoms with van der Waals surface area (Å²) in [5, 5.41) is 28.7. The molecule has 3 aromatic rings. The van der Waals surface area contributed by atoms with Gasteiger partial charge in [-0.15, -0.1) is 0 Å². The Bertz CT molecular complexity index is 1100. The highest BCUT2D eigenvalue weighted by Crippen LogP contribution is 2.31. The van der Waals surface area contributed by atoms with Gasteiger partial charge in [-0.1, -0.05) is 0 Å². The summed E-state index contributed by atoms with van der Waals surface area (Å²) in [5.74, 6) is -0.224. The molecule has 1 aliphatic rings. The van der Waals surface area contributed by atoms with E-state index in [9.17, 15) is 15.0 Å². The number of nitrogens with zero attached hydrogens (tertiary/aromatic N) is 5. The number of imidazole rings is 1. The fraction of sp³-hybridized carbons (Fsp3) is 0.312. The van der Waals surface area contributed by atoms with E-state index < -0.39 is 44.9 Å². The molecular formula is C16H22N7O9P. The number of primary amides is 1. The van der Waals surface area contributed by atoms with Crippen LogP contribution in [0.2, 0.25) is 0 Å². The minimum Gasteiger partial charge on any atom is -0.394 e. The quantitative estimate of drug-likeness (QED) is 0.174. The third kappa shape index (κ3) is 7.21. The van der Waals surface area contributed by atoms with Crippen molar-refractivity contribution in [3.63, 3.8) is 0 Å². The Hall–Kier alpha value is -3.08. The molecule has 4 rings (SSSR count). The van der Waals surface area contributed by atoms with Crippen LogP contribution in [0.4, 0.5) is 5.82 Å². The summed E-state index contributed by atoms with van der Waals surface area (Å²) in [6.45, 7) is -0.390. The van der Waals surface area contributed by atoms with Crippen molar-refractivity contribution >= 4 is 30.7 Å². The third-order valence-corrected chi connectivity index (χ3v) is 4.12. The van der Waals surface area contributed by atoms with Crippen molar-refractivity contribution in [2.45, 2.75) is 24.5 Å². The summed E-state index contributed by atoms with van der Waals surface area (Å²) in [6.07, 6.45) is 1.60. The van der Waals surface area contributed by atoms with Crippen molar-refractivity contribution in [2.24, 2.45) is 5.73 Å². The number of fused-ring (bicyclic) bond motifs is 1. The second-order valence-electron chi connectivity index (χ2n) is 6.43. The molecule has 16 nitrogen and oxygen atoms in total. The lowest BCUT2D eigenvalue weighted by Crippen LogP contribution is -2.33. The Morgan fingerprint density at radius 1 is 1.18 bits per heavy atom. The molecule has 3 aromatic heterocycles. The molecule has 1 fully saturated rings. The Balaban J connectivity index is 0.000000229. The monoisotopic (exact) mass is 487 g/mol. The van der Waals surface area contributed by atoms with Gasteiger partial charge in [-0.05, 0) is 12.1 Å². The van der Waals surface area contributed by atoms with Crippen molar-refractivity contribution in [3.8, 4) is 0 Å². The summed E-state index contributed by atoms with van der Waals surface area (Å²) >= 11 is 0. The van der Waals surface area contributed by atoms with E-state index in [2.05, 4.69) is 19.9 Å². The number of carbonyl (C=O) groups is 1. The molecule has 0 bridgehead atoms. The molecule has 0 spiro atoms. The van der Waals surface area contributed by atoms with Crippen LogP contribution in [0, 0.1) is 0 Å². The zero-order valence-corrected chi connectivity index (χ0v) is 17.6. The molecule has 1 aliphatic heterocycles. The predicted molar refractivity (Wildman–Crippen MR) is 110 cm³/mol. The minimum atomic E-state index is -4.64. The van der Waals surface area contributed by atoms with Crippen molar-refractivity contribution < 1.29 is 44.1 Å². The van der Waals surface area contributed by atoms with E-state index in [1.807, 2.05) is 0 Å². The first kappa shape index (κ1) is 26.2. The van der Waals surface area contributed by atoms with Gasteiger partial charge in [0.15, 0.2) is 17.7 Å². The smallest absolute Gasteiger partial charge is 0.394 e. The van der Waals surface area contributed by atoms with E-state index >= 15 is 0 Å². The number of ether oxygens (including phenoxy) is 1. The number of rotatable bonds is 3. The summed E-state index contributed by atoms with van der Waals surface area (Å²) in [5.41, 5.74) is 11.8. The molecule has 0 aliphatic carbocycles. The van der Waals surface area contributed by atoms with Gasteiger partial charge < -0.3 is 46.2 Å². The van der Waals surface area contributed by atoms with E-state index in [0.29, 0.717) is 16.7 Å². The fourth-order valence-electron chi connectivity index (χ4n) is 2.67. The number of aliphatic hydroxyl groups is 3. The Morgan fingerprint density at radius 3 is 2.33 bits per heavy atom. The Morgan fingerprint density at radius 2 is 1.85 bits per heavy atom. The van der Waals surface area contributed by atoms with Gasteiger partial charge in [-0.2, -0.15) is 0 Å². The van der Waals surface area contributed by atoms with Crippen LogP contribution >= 0.6 is 7.82 Å². The van der Waals surface area contributed by atoms with Crippen LogP contribution in [0.3, 0.4) is 0 Å². The van der Waals surface area contributed by atoms with E-state index in [4.69, 9.17) is 40.6 Å². The SMILES string of the molecule is NC(=O)c1cccnc1.Nc1ncnc2c1ncn2[C@@H]1O[C@H](CO)[C@@H](O)[C@H]1O.O=P(O)(O)O. The van der Waals surface area contributed by atoms with Gasteiger partial charge in [-0.3, -0.25) is 14.3 Å². The fourth-order valence-corrected chi connectivity index (χ4v) is 2.67. The topological polar surface area (TPSA) is 273 Å². The van der Waals surface area contributed by atoms with Crippen LogP contribution in [0.25, 0.3) is 11.2 Å². The molecule has 1 saturated heterocycles. The van der Waals surface area contributed by atoms with E-state index in [1.54, 1.807) is 18.3 Å². The van der Waals surface area contributed by atoms with Crippen LogP contribution in [0.1, 0.15) is 16.6 Å². The average molecular weight is 487 g/mol. The summed E-state index contributed by atoms with van der Waals surface area (Å²) < 4.78 is 15.7. The zero-order chi connectivity index (χ0) is 24.8. The summed E-state index contributed by atoms with van der Waals surface area (Å²) in [4.78, 5) is 47.5. The largest absolute Gasteiger partial charge is 0.466 e. The van der Waals surface area contributed by atoms with Crippen molar-refractivity contribution in [3.05, 3.63) is 42.7 Å². The highest BCUT2D eigenvalue weighted by atomic mass is 31.2. The number of anilines is 1. The van der Waals surface area contributed by atoms with Crippen LogP contribution in [-0.4, -0.2) is 85.3 Å². The lowest BCUT2D eigenvalue weighted by molar-refractivity contribution is -0.0511. The van der Waals surface area contributed by atoms with Gasteiger partial charge in [0, 0.05) is 12.4 Å². The van der Waals surface area contributed by atoms with Crippen LogP contribution in [0.15, 0.2) is 37.2 Å². The van der Waals surface area contributed by atoms with Crippen LogP contribution in [0.5, 0.6) is 0 Å². The number of aromatic nitrogens is 5. The number of nitrogens with two attached hydrogens (primary N) is 2. The van der Waals surface area contributed by atoms with E-state index in [-0.39, 0.29) is 5.82 Å². The van der Waals surface area contributed by atoms with Crippen molar-refractivity contribution in [1.82, 2.24) is 24.5 Å². The maximum absolute atomic E-state index is 10.4. The number of amides is 1.